The molecule has 4 atom stereocenters. The summed E-state index contributed by atoms with van der Waals surface area (Å²) in [5, 5.41) is 2.69. The number of amides is 1. The van der Waals surface area contributed by atoms with Crippen molar-refractivity contribution in [2.45, 2.75) is 50.5 Å². The molecule has 9 heteroatoms. The molecule has 27 heavy (non-hydrogen) atoms. The number of fused-ring (bicyclic) bond motifs is 1. The molecule has 4 rings (SSSR count). The van der Waals surface area contributed by atoms with Crippen LogP contribution in [0.15, 0.2) is 12.3 Å². The number of hydrogen-bond donors (Lipinski definition) is 1. The second-order valence-electron chi connectivity index (χ2n) is 7.83. The minimum atomic E-state index is -4.31. The third kappa shape index (κ3) is 3.61. The van der Waals surface area contributed by atoms with Crippen molar-refractivity contribution in [1.82, 2.24) is 15.3 Å². The van der Waals surface area contributed by atoms with E-state index in [4.69, 9.17) is 4.74 Å². The van der Waals surface area contributed by atoms with Gasteiger partial charge in [0.1, 0.15) is 0 Å². The SMILES string of the molecule is Cc1ccnc(N2C[C@@H]3[C@H](CNC(=O)CCC(F)(F)F)[C@H]4CC[C@]3(C2)O4)n1. The summed E-state index contributed by atoms with van der Waals surface area (Å²) >= 11 is 0. The van der Waals surface area contributed by atoms with E-state index in [1.165, 1.54) is 0 Å². The summed E-state index contributed by atoms with van der Waals surface area (Å²) in [6, 6.07) is 1.85. The molecule has 0 unspecified atom stereocenters. The molecule has 1 N–H and O–H groups in total. The first kappa shape index (κ1) is 18.5. The summed E-state index contributed by atoms with van der Waals surface area (Å²) in [6.45, 7) is 3.73. The largest absolute Gasteiger partial charge is 0.389 e. The highest BCUT2D eigenvalue weighted by molar-refractivity contribution is 5.75. The monoisotopic (exact) mass is 384 g/mol. The van der Waals surface area contributed by atoms with Gasteiger partial charge in [-0.3, -0.25) is 4.79 Å². The van der Waals surface area contributed by atoms with Crippen LogP contribution in [-0.2, 0) is 9.53 Å². The van der Waals surface area contributed by atoms with E-state index in [0.29, 0.717) is 12.5 Å². The van der Waals surface area contributed by atoms with Gasteiger partial charge in [-0.2, -0.15) is 13.2 Å². The maximum absolute atomic E-state index is 12.3. The van der Waals surface area contributed by atoms with Gasteiger partial charge in [0, 0.05) is 43.2 Å². The van der Waals surface area contributed by atoms with Crippen molar-refractivity contribution in [3.05, 3.63) is 18.0 Å². The second-order valence-corrected chi connectivity index (χ2v) is 7.83. The van der Waals surface area contributed by atoms with Gasteiger partial charge in [-0.05, 0) is 25.8 Å². The average molecular weight is 384 g/mol. The zero-order valence-corrected chi connectivity index (χ0v) is 15.1. The Morgan fingerprint density at radius 1 is 1.48 bits per heavy atom. The number of rotatable bonds is 5. The lowest BCUT2D eigenvalue weighted by Gasteiger charge is -2.29. The van der Waals surface area contributed by atoms with Crippen LogP contribution in [0.2, 0.25) is 0 Å². The third-order valence-corrected chi connectivity index (χ3v) is 6.02. The van der Waals surface area contributed by atoms with E-state index in [2.05, 4.69) is 20.2 Å². The summed E-state index contributed by atoms with van der Waals surface area (Å²) < 4.78 is 43.1. The van der Waals surface area contributed by atoms with Crippen molar-refractivity contribution in [1.29, 1.82) is 0 Å². The molecule has 0 aromatic carbocycles. The number of alkyl halides is 3. The molecule has 3 saturated heterocycles. The van der Waals surface area contributed by atoms with Crippen LogP contribution in [0.3, 0.4) is 0 Å². The molecule has 1 aromatic rings. The Labute approximate surface area is 155 Å². The van der Waals surface area contributed by atoms with Gasteiger partial charge < -0.3 is 15.0 Å². The smallest absolute Gasteiger partial charge is 0.369 e. The number of nitrogens with zero attached hydrogens (tertiary/aromatic N) is 3. The molecule has 1 spiro atoms. The quantitative estimate of drug-likeness (QED) is 0.843. The van der Waals surface area contributed by atoms with E-state index in [-0.39, 0.29) is 23.5 Å². The van der Waals surface area contributed by atoms with Gasteiger partial charge >= 0.3 is 6.18 Å². The Morgan fingerprint density at radius 2 is 2.30 bits per heavy atom. The van der Waals surface area contributed by atoms with E-state index in [9.17, 15) is 18.0 Å². The molecule has 3 aliphatic heterocycles. The fourth-order valence-corrected chi connectivity index (χ4v) is 4.78. The third-order valence-electron chi connectivity index (χ3n) is 6.02. The summed E-state index contributed by atoms with van der Waals surface area (Å²) in [5.74, 6) is 0.464. The number of carbonyl (C=O) groups excluding carboxylic acids is 1. The first-order valence-corrected chi connectivity index (χ1v) is 9.32. The van der Waals surface area contributed by atoms with E-state index in [1.807, 2.05) is 13.0 Å². The van der Waals surface area contributed by atoms with E-state index < -0.39 is 24.9 Å². The molecule has 3 fully saturated rings. The highest BCUT2D eigenvalue weighted by atomic mass is 19.4. The van der Waals surface area contributed by atoms with E-state index in [0.717, 1.165) is 31.6 Å². The number of halogens is 3. The fraction of sp³-hybridized carbons (Fsp3) is 0.722. The number of nitrogens with one attached hydrogen (secondary N) is 1. The van der Waals surface area contributed by atoms with Crippen LogP contribution in [-0.4, -0.2) is 53.4 Å². The van der Waals surface area contributed by atoms with Crippen LogP contribution in [0.5, 0.6) is 0 Å². The second kappa shape index (κ2) is 6.61. The lowest BCUT2D eigenvalue weighted by molar-refractivity contribution is -0.144. The molecule has 3 aliphatic rings. The predicted octanol–water partition coefficient (Wildman–Crippen LogP) is 2.23. The van der Waals surface area contributed by atoms with Crippen LogP contribution in [0.25, 0.3) is 0 Å². The molecule has 0 aliphatic carbocycles. The Hall–Kier alpha value is -1.90. The Balaban J connectivity index is 1.39. The number of anilines is 1. The minimum absolute atomic E-state index is 0.0680. The van der Waals surface area contributed by atoms with Gasteiger partial charge in [-0.25, -0.2) is 9.97 Å². The van der Waals surface area contributed by atoms with Crippen LogP contribution in [0.4, 0.5) is 19.1 Å². The van der Waals surface area contributed by atoms with Crippen LogP contribution in [0, 0.1) is 18.8 Å². The fourth-order valence-electron chi connectivity index (χ4n) is 4.78. The van der Waals surface area contributed by atoms with Gasteiger partial charge in [0.05, 0.1) is 24.7 Å². The van der Waals surface area contributed by atoms with Crippen LogP contribution in [0.1, 0.15) is 31.4 Å². The molecule has 0 radical (unpaired) electrons. The first-order chi connectivity index (χ1) is 12.8. The normalized spacial score (nSPS) is 32.0. The Bertz CT molecular complexity index is 729. The van der Waals surface area contributed by atoms with Crippen molar-refractivity contribution < 1.29 is 22.7 Å². The Morgan fingerprint density at radius 3 is 3.04 bits per heavy atom. The molecule has 2 bridgehead atoms. The highest BCUT2D eigenvalue weighted by Gasteiger charge is 2.63. The van der Waals surface area contributed by atoms with Crippen molar-refractivity contribution in [2.75, 3.05) is 24.5 Å². The van der Waals surface area contributed by atoms with Crippen molar-refractivity contribution >= 4 is 11.9 Å². The van der Waals surface area contributed by atoms with E-state index >= 15 is 0 Å². The van der Waals surface area contributed by atoms with Gasteiger partial charge in [-0.15, -0.1) is 0 Å². The highest BCUT2D eigenvalue weighted by Crippen LogP contribution is 2.54. The summed E-state index contributed by atoms with van der Waals surface area (Å²) in [4.78, 5) is 22.8. The van der Waals surface area contributed by atoms with Crippen LogP contribution < -0.4 is 10.2 Å². The zero-order chi connectivity index (χ0) is 19.2. The van der Waals surface area contributed by atoms with Crippen molar-refractivity contribution in [3.8, 4) is 0 Å². The molecule has 1 aromatic heterocycles. The maximum Gasteiger partial charge on any atom is 0.389 e. The molecule has 6 nitrogen and oxygen atoms in total. The number of aryl methyl sites for hydroxylation is 1. The van der Waals surface area contributed by atoms with Crippen LogP contribution >= 0.6 is 0 Å². The maximum atomic E-state index is 12.3. The van der Waals surface area contributed by atoms with Gasteiger partial charge in [0.2, 0.25) is 11.9 Å². The van der Waals surface area contributed by atoms with Gasteiger partial charge in [0.25, 0.3) is 0 Å². The first-order valence-electron chi connectivity index (χ1n) is 9.32. The van der Waals surface area contributed by atoms with Gasteiger partial charge in [-0.1, -0.05) is 0 Å². The van der Waals surface area contributed by atoms with E-state index in [1.54, 1.807) is 6.20 Å². The molecule has 4 heterocycles. The molecular weight excluding hydrogens is 361 g/mol. The molecule has 1 amide bonds. The predicted molar refractivity (Wildman–Crippen MR) is 91.1 cm³/mol. The van der Waals surface area contributed by atoms with Crippen molar-refractivity contribution in [3.63, 3.8) is 0 Å². The van der Waals surface area contributed by atoms with Gasteiger partial charge in [0.15, 0.2) is 0 Å². The number of carbonyl (C=O) groups is 1. The summed E-state index contributed by atoms with van der Waals surface area (Å²) in [6.07, 6.45) is -2.24. The standard InChI is InChI=1S/C18H23F3N4O2/c1-11-4-7-22-16(24-11)25-9-13-12(14-2-5-17(13,10-25)27-14)8-23-15(26)3-6-18(19,20)21/h4,7,12-14H,2-3,5-6,8-10H2,1H3,(H,23,26)/t12-,13+,14+,17+/m0/s1. The molecular formula is C18H23F3N4O2. The lowest BCUT2D eigenvalue weighted by Crippen LogP contribution is -2.42. The zero-order valence-electron chi connectivity index (χ0n) is 15.1. The topological polar surface area (TPSA) is 67.4 Å². The lowest BCUT2D eigenvalue weighted by atomic mass is 9.73. The molecule has 0 saturated carbocycles. The summed E-state index contributed by atoms with van der Waals surface area (Å²) in [5.41, 5.74) is 0.646. The number of aromatic nitrogens is 2. The van der Waals surface area contributed by atoms with Crippen molar-refractivity contribution in [2.24, 2.45) is 11.8 Å². The number of ether oxygens (including phenoxy) is 1. The average Bonchev–Trinajstić information content (AvgIpc) is 3.25. The summed E-state index contributed by atoms with van der Waals surface area (Å²) in [7, 11) is 0. The number of hydrogen-bond acceptors (Lipinski definition) is 5. The Kier molecular flexibility index (Phi) is 4.52. The minimum Gasteiger partial charge on any atom is -0.369 e. The molecule has 148 valence electrons.